The van der Waals surface area contributed by atoms with E-state index in [1.807, 2.05) is 0 Å². The first kappa shape index (κ1) is 32.6. The Morgan fingerprint density at radius 3 is 2.53 bits per heavy atom. The lowest BCUT2D eigenvalue weighted by molar-refractivity contribution is -0.117. The molecule has 1 saturated carbocycles. The van der Waals surface area contributed by atoms with E-state index in [1.54, 1.807) is 32.4 Å². The normalized spacial score (nSPS) is 41.6. The van der Waals surface area contributed by atoms with E-state index < -0.39 is 26.1 Å². The summed E-state index contributed by atoms with van der Waals surface area (Å²) < 4.78 is 33.3. The molecule has 43 heavy (non-hydrogen) atoms. The molecule has 1 unspecified atom stereocenters. The van der Waals surface area contributed by atoms with Gasteiger partial charge in [-0.05, 0) is 56.1 Å². The third kappa shape index (κ3) is 5.63. The van der Waals surface area contributed by atoms with Gasteiger partial charge in [-0.25, -0.2) is 4.79 Å². The number of nitrogens with one attached hydrogen (secondary N) is 1. The molecule has 4 aliphatic rings. The number of H-pyrrole nitrogens is 1. The summed E-state index contributed by atoms with van der Waals surface area (Å²) in [6.45, 7) is 20.0. The Morgan fingerprint density at radius 2 is 1.93 bits per heavy atom. The highest BCUT2D eigenvalue weighted by molar-refractivity contribution is 6.74. The number of carbonyl (C=O) groups excluding carboxylic acids is 1. The van der Waals surface area contributed by atoms with E-state index in [0.29, 0.717) is 18.7 Å². The van der Waals surface area contributed by atoms with E-state index in [9.17, 15) is 9.90 Å². The zero-order valence-corrected chi connectivity index (χ0v) is 28.6. The Morgan fingerprint density at radius 1 is 1.21 bits per heavy atom. The smallest absolute Gasteiger partial charge is 0.355 e. The van der Waals surface area contributed by atoms with Crippen LogP contribution in [0.25, 0.3) is 0 Å². The van der Waals surface area contributed by atoms with E-state index in [1.165, 1.54) is 0 Å². The van der Waals surface area contributed by atoms with Crippen LogP contribution in [0.5, 0.6) is 0 Å². The van der Waals surface area contributed by atoms with Crippen LogP contribution in [0.4, 0.5) is 0 Å². The monoisotopic (exact) mass is 615 g/mol. The Balaban J connectivity index is 1.65. The highest BCUT2D eigenvalue weighted by atomic mass is 28.4. The molecular weight excluding hydrogens is 562 g/mol. The highest BCUT2D eigenvalue weighted by Gasteiger charge is 2.70. The second-order valence-electron chi connectivity index (χ2n) is 15.0. The van der Waals surface area contributed by atoms with E-state index in [-0.39, 0.29) is 65.0 Å². The number of aromatic nitrogens is 1. The Bertz CT molecular complexity index is 1200. The molecule has 9 heteroatoms. The molecule has 2 fully saturated rings. The summed E-state index contributed by atoms with van der Waals surface area (Å²) in [5, 5.41) is 10.7. The van der Waals surface area contributed by atoms with Crippen molar-refractivity contribution in [2.24, 2.45) is 29.6 Å². The van der Waals surface area contributed by atoms with Crippen LogP contribution in [0.2, 0.25) is 18.1 Å². The van der Waals surface area contributed by atoms with Crippen LogP contribution in [0.15, 0.2) is 42.1 Å². The molecule has 4 bridgehead atoms. The molecule has 3 heterocycles. The number of methoxy groups -OCH3 is 1. The summed E-state index contributed by atoms with van der Waals surface area (Å²) in [7, 11) is -0.527. The molecule has 0 aromatic carbocycles. The molecule has 240 valence electrons. The van der Waals surface area contributed by atoms with Crippen LogP contribution in [-0.2, 0) is 23.4 Å². The van der Waals surface area contributed by atoms with Crippen molar-refractivity contribution in [1.82, 2.24) is 4.98 Å². The fourth-order valence-electron chi connectivity index (χ4n) is 7.91. The Kier molecular flexibility index (Phi) is 9.01. The summed E-state index contributed by atoms with van der Waals surface area (Å²) in [5.41, 5.74) is 0.870. The van der Waals surface area contributed by atoms with Crippen molar-refractivity contribution >= 4 is 14.3 Å². The third-order valence-electron chi connectivity index (χ3n) is 11.2. The van der Waals surface area contributed by atoms with Crippen LogP contribution >= 0.6 is 0 Å². The number of aliphatic hydroxyl groups is 1. The van der Waals surface area contributed by atoms with Crippen LogP contribution in [-0.4, -0.2) is 80.3 Å². The average Bonchev–Trinajstić information content (AvgIpc) is 3.52. The molecule has 5 rings (SSSR count). The maximum atomic E-state index is 13.4. The maximum absolute atomic E-state index is 13.4. The van der Waals surface area contributed by atoms with Gasteiger partial charge in [0, 0.05) is 42.9 Å². The summed E-state index contributed by atoms with van der Waals surface area (Å²) in [6.07, 6.45) is 7.09. The standard InChI is InChI=1S/C34H53NO7Si/c1-19-16-20(2)34-23(17-24(38-8)18-39-28(19)22(4)36)13-14-25-27(34)29(42-43(9,10)33(5,6)7)21(3)30(31(25)41-34)40-32(37)26-12-11-15-35-26/h11-16,19,21-25,27-31,35-36H,17-18H2,1-10H3/b20-16+/t19-,21-,22?,23-,24+,25-,27+,28-,29-,30-,31-,34+/m1/s1. The number of esters is 1. The first-order valence-corrected chi connectivity index (χ1v) is 18.9. The zero-order chi connectivity index (χ0) is 31.5. The van der Waals surface area contributed by atoms with Gasteiger partial charge in [0.15, 0.2) is 8.32 Å². The van der Waals surface area contributed by atoms with Gasteiger partial charge in [0.2, 0.25) is 0 Å². The maximum Gasteiger partial charge on any atom is 0.355 e. The third-order valence-corrected chi connectivity index (χ3v) is 15.7. The summed E-state index contributed by atoms with van der Waals surface area (Å²) in [5.74, 6) is -0.457. The topological polar surface area (TPSA) is 99.2 Å². The van der Waals surface area contributed by atoms with Crippen molar-refractivity contribution in [2.45, 2.75) is 115 Å². The van der Waals surface area contributed by atoms with Gasteiger partial charge in [-0.15, -0.1) is 0 Å². The molecule has 0 amide bonds. The van der Waals surface area contributed by atoms with Gasteiger partial charge >= 0.3 is 5.97 Å². The van der Waals surface area contributed by atoms with E-state index >= 15 is 0 Å². The van der Waals surface area contributed by atoms with E-state index in [4.69, 9.17) is 23.4 Å². The number of carbonyl (C=O) groups is 1. The van der Waals surface area contributed by atoms with Crippen LogP contribution < -0.4 is 0 Å². The predicted molar refractivity (Wildman–Crippen MR) is 168 cm³/mol. The molecular formula is C34H53NO7Si. The minimum Gasteiger partial charge on any atom is -0.455 e. The van der Waals surface area contributed by atoms with Crippen LogP contribution in [0.1, 0.15) is 65.4 Å². The molecule has 1 aromatic rings. The van der Waals surface area contributed by atoms with Gasteiger partial charge in [0.05, 0.1) is 31.0 Å². The quantitative estimate of drug-likeness (QED) is 0.233. The number of hydrogen-bond acceptors (Lipinski definition) is 7. The van der Waals surface area contributed by atoms with Crippen molar-refractivity contribution in [2.75, 3.05) is 13.7 Å². The minimum atomic E-state index is -2.25. The van der Waals surface area contributed by atoms with Gasteiger partial charge in [0.1, 0.15) is 23.5 Å². The fraction of sp³-hybridized carbons (Fsp3) is 0.735. The molecule has 2 aliphatic heterocycles. The van der Waals surface area contributed by atoms with Crippen molar-refractivity contribution in [1.29, 1.82) is 0 Å². The molecule has 0 radical (unpaired) electrons. The van der Waals surface area contributed by atoms with Gasteiger partial charge in [-0.3, -0.25) is 0 Å². The van der Waals surface area contributed by atoms with Crippen molar-refractivity contribution < 1.29 is 33.3 Å². The number of ether oxygens (including phenoxy) is 4. The molecule has 8 nitrogen and oxygen atoms in total. The molecule has 1 saturated heterocycles. The van der Waals surface area contributed by atoms with Crippen molar-refractivity contribution in [3.63, 3.8) is 0 Å². The van der Waals surface area contributed by atoms with Gasteiger partial charge in [-0.2, -0.15) is 0 Å². The van der Waals surface area contributed by atoms with Gasteiger partial charge in [-0.1, -0.05) is 52.8 Å². The number of aliphatic hydroxyl groups excluding tert-OH is 1. The molecule has 2 aliphatic carbocycles. The number of aromatic amines is 1. The van der Waals surface area contributed by atoms with Gasteiger partial charge < -0.3 is 33.5 Å². The predicted octanol–water partition coefficient (Wildman–Crippen LogP) is 5.90. The first-order valence-electron chi connectivity index (χ1n) is 16.0. The Labute approximate surface area is 258 Å². The first-order chi connectivity index (χ1) is 20.1. The van der Waals surface area contributed by atoms with Crippen molar-refractivity contribution in [3.8, 4) is 0 Å². The minimum absolute atomic E-state index is 0.000168. The number of hydrogen-bond donors (Lipinski definition) is 2. The summed E-state index contributed by atoms with van der Waals surface area (Å²) in [6, 6.07) is 3.54. The lowest BCUT2D eigenvalue weighted by Gasteiger charge is -2.53. The van der Waals surface area contributed by atoms with Crippen molar-refractivity contribution in [3.05, 3.63) is 47.8 Å². The summed E-state index contributed by atoms with van der Waals surface area (Å²) >= 11 is 0. The van der Waals surface area contributed by atoms with E-state index in [2.05, 4.69) is 77.8 Å². The van der Waals surface area contributed by atoms with E-state index in [0.717, 1.165) is 5.57 Å². The second-order valence-corrected chi connectivity index (χ2v) is 19.7. The molecule has 2 N–H and O–H groups in total. The Hall–Kier alpha value is -1.75. The molecule has 1 spiro atoms. The average molecular weight is 616 g/mol. The zero-order valence-electron chi connectivity index (χ0n) is 27.6. The van der Waals surface area contributed by atoms with Gasteiger partial charge in [0.25, 0.3) is 0 Å². The lowest BCUT2D eigenvalue weighted by Crippen LogP contribution is -2.60. The SMILES string of the molecule is CO[C@@H]1CO[C@@H](C(C)O)[C@H](C)/C=C(\C)[C@]23O[C@@H]4[C@H](C=C[C@@H]2C1)[C@H]3[C@H](O[Si](C)(C)C(C)(C)C)[C@@H](C)[C@H]4OC(=O)c1ccc[nH]1. The lowest BCUT2D eigenvalue weighted by atomic mass is 9.57. The molecule has 1 aromatic heterocycles. The number of rotatable bonds is 6. The summed E-state index contributed by atoms with van der Waals surface area (Å²) in [4.78, 5) is 16.4. The van der Waals surface area contributed by atoms with Crippen LogP contribution in [0.3, 0.4) is 0 Å². The second kappa shape index (κ2) is 11.9. The highest BCUT2D eigenvalue weighted by Crippen LogP contribution is 2.62. The van der Waals surface area contributed by atoms with Crippen LogP contribution in [0, 0.1) is 29.6 Å². The largest absolute Gasteiger partial charge is 0.455 e. The fourth-order valence-corrected chi connectivity index (χ4v) is 9.30. The molecule has 12 atom stereocenters.